The summed E-state index contributed by atoms with van der Waals surface area (Å²) >= 11 is 0. The summed E-state index contributed by atoms with van der Waals surface area (Å²) < 4.78 is 44.2. The van der Waals surface area contributed by atoms with E-state index in [1.165, 1.54) is 0 Å². The summed E-state index contributed by atoms with van der Waals surface area (Å²) in [6.07, 6.45) is -0.760. The molecule has 1 aromatic rings. The van der Waals surface area contributed by atoms with Gasteiger partial charge in [0.05, 0.1) is 5.56 Å². The van der Waals surface area contributed by atoms with E-state index in [1.807, 2.05) is 0 Å². The molecule has 0 saturated heterocycles. The van der Waals surface area contributed by atoms with E-state index in [0.29, 0.717) is 18.2 Å². The summed E-state index contributed by atoms with van der Waals surface area (Å²) in [6.45, 7) is 6.04. The number of carbonyl (C=O) groups is 1. The Bertz CT molecular complexity index is 665. The molecular formula is C18H24F3NO3. The molecule has 1 heterocycles. The number of halogens is 3. The molecular weight excluding hydrogens is 335 g/mol. The second-order valence-corrected chi connectivity index (χ2v) is 7.71. The molecule has 1 aliphatic carbocycles. The molecule has 140 valence electrons. The van der Waals surface area contributed by atoms with Gasteiger partial charge in [-0.2, -0.15) is 13.2 Å². The van der Waals surface area contributed by atoms with Crippen LogP contribution in [0.1, 0.15) is 52.0 Å². The Balaban J connectivity index is 1.94. The zero-order valence-electron chi connectivity index (χ0n) is 14.7. The van der Waals surface area contributed by atoms with Crippen LogP contribution in [-0.2, 0) is 22.3 Å². The first-order valence-electron chi connectivity index (χ1n) is 8.44. The summed E-state index contributed by atoms with van der Waals surface area (Å²) in [5, 5.41) is 0. The topological polar surface area (TPSA) is 48.3 Å². The first kappa shape index (κ1) is 19.5. The van der Waals surface area contributed by atoms with Gasteiger partial charge in [-0.15, -0.1) is 0 Å². The van der Waals surface area contributed by atoms with Crippen LogP contribution < -0.4 is 5.56 Å². The van der Waals surface area contributed by atoms with Gasteiger partial charge in [0.2, 0.25) is 0 Å². The summed E-state index contributed by atoms with van der Waals surface area (Å²) in [5.74, 6) is -0.117. The molecule has 0 bridgehead atoms. The molecule has 7 heteroatoms. The largest absolute Gasteiger partial charge is 0.461 e. The first-order valence-corrected chi connectivity index (χ1v) is 8.44. The molecule has 1 aliphatic rings. The van der Waals surface area contributed by atoms with Gasteiger partial charge in [0, 0.05) is 12.3 Å². The van der Waals surface area contributed by atoms with Crippen LogP contribution in [-0.4, -0.2) is 16.6 Å². The average molecular weight is 359 g/mol. The van der Waals surface area contributed by atoms with Crippen molar-refractivity contribution in [1.29, 1.82) is 0 Å². The lowest BCUT2D eigenvalue weighted by atomic mass is 9.72. The van der Waals surface area contributed by atoms with Crippen molar-refractivity contribution in [2.45, 2.75) is 65.3 Å². The number of hydrogen-bond donors (Lipinski definition) is 0. The van der Waals surface area contributed by atoms with Gasteiger partial charge in [0.25, 0.3) is 5.56 Å². The van der Waals surface area contributed by atoms with Gasteiger partial charge in [-0.05, 0) is 43.1 Å². The van der Waals surface area contributed by atoms with Crippen molar-refractivity contribution >= 4 is 5.97 Å². The Morgan fingerprint density at radius 2 is 1.76 bits per heavy atom. The highest BCUT2D eigenvalue weighted by Crippen LogP contribution is 2.38. The van der Waals surface area contributed by atoms with Gasteiger partial charge in [0.1, 0.15) is 12.6 Å². The second-order valence-electron chi connectivity index (χ2n) is 7.71. The molecule has 0 radical (unpaired) electrons. The van der Waals surface area contributed by atoms with E-state index in [9.17, 15) is 22.8 Å². The van der Waals surface area contributed by atoms with Crippen LogP contribution in [0.5, 0.6) is 0 Å². The Morgan fingerprint density at radius 1 is 1.16 bits per heavy atom. The fourth-order valence-corrected chi connectivity index (χ4v) is 3.23. The molecule has 0 aliphatic heterocycles. The number of carbonyl (C=O) groups excluding carboxylic acids is 1. The van der Waals surface area contributed by atoms with Crippen molar-refractivity contribution in [3.05, 3.63) is 34.2 Å². The predicted octanol–water partition coefficient (Wildman–Crippen LogP) is 4.02. The summed E-state index contributed by atoms with van der Waals surface area (Å²) in [6, 6.07) is 1.52. The van der Waals surface area contributed by atoms with Crippen molar-refractivity contribution in [2.24, 2.45) is 11.3 Å². The monoisotopic (exact) mass is 359 g/mol. The summed E-state index contributed by atoms with van der Waals surface area (Å²) in [7, 11) is 0. The third-order valence-electron chi connectivity index (χ3n) is 4.81. The van der Waals surface area contributed by atoms with E-state index in [4.69, 9.17) is 4.74 Å². The van der Waals surface area contributed by atoms with Crippen LogP contribution >= 0.6 is 0 Å². The van der Waals surface area contributed by atoms with Crippen molar-refractivity contribution in [2.75, 3.05) is 0 Å². The number of esters is 1. The quantitative estimate of drug-likeness (QED) is 0.766. The van der Waals surface area contributed by atoms with Crippen LogP contribution in [0.3, 0.4) is 0 Å². The molecule has 0 N–H and O–H groups in total. The molecule has 2 rings (SSSR count). The lowest BCUT2D eigenvalue weighted by Gasteiger charge is -2.36. The number of ether oxygens (including phenoxy) is 1. The highest BCUT2D eigenvalue weighted by molar-refractivity contribution is 5.69. The fraction of sp³-hybridized carbons (Fsp3) is 0.667. The van der Waals surface area contributed by atoms with E-state index < -0.39 is 29.8 Å². The van der Waals surface area contributed by atoms with Gasteiger partial charge in [-0.3, -0.25) is 9.59 Å². The molecule has 0 aromatic carbocycles. The van der Waals surface area contributed by atoms with Gasteiger partial charge in [-0.1, -0.05) is 20.8 Å². The first-order chi connectivity index (χ1) is 11.5. The minimum atomic E-state index is -4.56. The molecule has 0 atom stereocenters. The molecule has 25 heavy (non-hydrogen) atoms. The number of aromatic nitrogens is 1. The van der Waals surface area contributed by atoms with E-state index in [2.05, 4.69) is 20.8 Å². The van der Waals surface area contributed by atoms with Crippen LogP contribution in [0.15, 0.2) is 23.1 Å². The van der Waals surface area contributed by atoms with Crippen molar-refractivity contribution < 1.29 is 22.7 Å². The van der Waals surface area contributed by atoms with Crippen LogP contribution in [0.4, 0.5) is 13.2 Å². The molecule has 1 fully saturated rings. The maximum atomic E-state index is 12.7. The molecule has 1 saturated carbocycles. The highest BCUT2D eigenvalue weighted by atomic mass is 19.4. The molecule has 4 nitrogen and oxygen atoms in total. The molecule has 1 aromatic heterocycles. The van der Waals surface area contributed by atoms with Gasteiger partial charge < -0.3 is 9.30 Å². The third kappa shape index (κ3) is 5.34. The smallest absolute Gasteiger partial charge is 0.417 e. The van der Waals surface area contributed by atoms with Crippen LogP contribution in [0.25, 0.3) is 0 Å². The summed E-state index contributed by atoms with van der Waals surface area (Å²) in [4.78, 5) is 23.7. The van der Waals surface area contributed by atoms with Crippen LogP contribution in [0.2, 0.25) is 0 Å². The fourth-order valence-electron chi connectivity index (χ4n) is 3.23. The lowest BCUT2D eigenvalue weighted by Crippen LogP contribution is -2.32. The van der Waals surface area contributed by atoms with Gasteiger partial charge in [-0.25, -0.2) is 0 Å². The SMILES string of the molecule is CC(C)(C)C1CCC(OC(=O)Cn2cc(C(F)(F)F)ccc2=O)CC1. The van der Waals surface area contributed by atoms with E-state index in [1.54, 1.807) is 0 Å². The van der Waals surface area contributed by atoms with Crippen molar-refractivity contribution in [1.82, 2.24) is 4.57 Å². The van der Waals surface area contributed by atoms with Crippen LogP contribution in [0, 0.1) is 11.3 Å². The van der Waals surface area contributed by atoms with Gasteiger partial charge >= 0.3 is 12.1 Å². The normalized spacial score (nSPS) is 21.8. The maximum Gasteiger partial charge on any atom is 0.417 e. The molecule has 0 amide bonds. The zero-order valence-corrected chi connectivity index (χ0v) is 14.7. The summed E-state index contributed by atoms with van der Waals surface area (Å²) in [5.41, 5.74) is -1.42. The number of rotatable bonds is 3. The number of hydrogen-bond acceptors (Lipinski definition) is 3. The molecule has 0 spiro atoms. The van der Waals surface area contributed by atoms with Gasteiger partial charge in [0.15, 0.2) is 0 Å². The highest BCUT2D eigenvalue weighted by Gasteiger charge is 2.32. The average Bonchev–Trinajstić information content (AvgIpc) is 2.48. The Labute approximate surface area is 145 Å². The Morgan fingerprint density at radius 3 is 2.28 bits per heavy atom. The number of alkyl halides is 3. The van der Waals surface area contributed by atoms with E-state index >= 15 is 0 Å². The Kier molecular flexibility index (Phi) is 5.64. The predicted molar refractivity (Wildman–Crippen MR) is 87.0 cm³/mol. The van der Waals surface area contributed by atoms with E-state index in [0.717, 1.165) is 36.3 Å². The maximum absolute atomic E-state index is 12.7. The van der Waals surface area contributed by atoms with Crippen molar-refractivity contribution in [3.63, 3.8) is 0 Å². The number of pyridine rings is 1. The minimum Gasteiger partial charge on any atom is -0.461 e. The van der Waals surface area contributed by atoms with E-state index in [-0.39, 0.29) is 11.5 Å². The Hall–Kier alpha value is -1.79. The van der Waals surface area contributed by atoms with Crippen molar-refractivity contribution in [3.8, 4) is 0 Å². The minimum absolute atomic E-state index is 0.209. The second kappa shape index (κ2) is 7.22. The lowest BCUT2D eigenvalue weighted by molar-refractivity contribution is -0.152. The number of nitrogens with zero attached hydrogens (tertiary/aromatic N) is 1. The zero-order chi connectivity index (χ0) is 18.8. The third-order valence-corrected chi connectivity index (χ3v) is 4.81. The molecule has 0 unspecified atom stereocenters. The standard InChI is InChI=1S/C18H24F3NO3/c1-17(2,3)12-4-7-14(8-5-12)25-16(24)11-22-10-13(18(19,20)21)6-9-15(22)23/h6,9-10,12,14H,4-5,7-8,11H2,1-3H3.